The summed E-state index contributed by atoms with van der Waals surface area (Å²) in [4.78, 5) is 39.3. The molecule has 0 aliphatic carbocycles. The highest BCUT2D eigenvalue weighted by atomic mass is 16.5. The van der Waals surface area contributed by atoms with E-state index < -0.39 is 24.0 Å². The zero-order valence-corrected chi connectivity index (χ0v) is 16.2. The number of carbonyl (C=O) groups excluding carboxylic acids is 3. The number of hydrogen-bond acceptors (Lipinski definition) is 6. The Morgan fingerprint density at radius 2 is 1.79 bits per heavy atom. The summed E-state index contributed by atoms with van der Waals surface area (Å²) in [6.07, 6.45) is 2.25. The Morgan fingerprint density at radius 1 is 1.11 bits per heavy atom. The van der Waals surface area contributed by atoms with Crippen LogP contribution in [-0.4, -0.2) is 48.1 Å². The average Bonchev–Trinajstić information content (AvgIpc) is 3.09. The number of carbonyl (C=O) groups is 3. The molecule has 0 bridgehead atoms. The summed E-state index contributed by atoms with van der Waals surface area (Å²) >= 11 is 0. The van der Waals surface area contributed by atoms with Gasteiger partial charge in [0.2, 0.25) is 5.91 Å². The molecule has 28 heavy (non-hydrogen) atoms. The molecule has 0 fully saturated rings. The van der Waals surface area contributed by atoms with Crippen molar-refractivity contribution in [3.05, 3.63) is 36.0 Å². The van der Waals surface area contributed by atoms with Crippen LogP contribution < -0.4 is 11.1 Å². The molecule has 8 heteroatoms. The fraction of sp³-hybridized carbons (Fsp3) is 0.450. The molecule has 1 heterocycles. The second-order valence-corrected chi connectivity index (χ2v) is 6.33. The van der Waals surface area contributed by atoms with E-state index in [0.717, 1.165) is 16.5 Å². The monoisotopic (exact) mass is 389 g/mol. The van der Waals surface area contributed by atoms with Gasteiger partial charge in [0.1, 0.15) is 12.1 Å². The molecule has 0 saturated heterocycles. The summed E-state index contributed by atoms with van der Waals surface area (Å²) in [5.74, 6) is -1.43. The van der Waals surface area contributed by atoms with E-state index in [4.69, 9.17) is 15.2 Å². The van der Waals surface area contributed by atoms with Crippen LogP contribution in [0.15, 0.2) is 30.5 Å². The molecule has 1 amide bonds. The van der Waals surface area contributed by atoms with Crippen molar-refractivity contribution in [3.63, 3.8) is 0 Å². The summed E-state index contributed by atoms with van der Waals surface area (Å²) in [6, 6.07) is 6.01. The topological polar surface area (TPSA) is 124 Å². The number of fused-ring (bicyclic) bond motifs is 1. The lowest BCUT2D eigenvalue weighted by Crippen LogP contribution is -2.44. The van der Waals surface area contributed by atoms with Gasteiger partial charge >= 0.3 is 11.9 Å². The predicted molar refractivity (Wildman–Crippen MR) is 104 cm³/mol. The van der Waals surface area contributed by atoms with E-state index in [0.29, 0.717) is 6.42 Å². The number of H-pyrrole nitrogens is 1. The Kier molecular flexibility index (Phi) is 8.01. The van der Waals surface area contributed by atoms with Gasteiger partial charge in [-0.15, -0.1) is 0 Å². The Bertz CT molecular complexity index is 817. The van der Waals surface area contributed by atoms with Crippen LogP contribution in [0.3, 0.4) is 0 Å². The molecule has 0 aliphatic heterocycles. The molecule has 2 aromatic rings. The second-order valence-electron chi connectivity index (χ2n) is 6.33. The zero-order chi connectivity index (χ0) is 20.5. The molecule has 0 unspecified atom stereocenters. The van der Waals surface area contributed by atoms with Gasteiger partial charge in [-0.25, -0.2) is 4.79 Å². The van der Waals surface area contributed by atoms with Crippen LogP contribution in [0.5, 0.6) is 0 Å². The van der Waals surface area contributed by atoms with E-state index in [2.05, 4.69) is 10.3 Å². The van der Waals surface area contributed by atoms with Gasteiger partial charge in [-0.3, -0.25) is 9.59 Å². The molecular formula is C20H27N3O5. The summed E-state index contributed by atoms with van der Waals surface area (Å²) in [6.45, 7) is 3.84. The first-order valence-electron chi connectivity index (χ1n) is 9.39. The smallest absolute Gasteiger partial charge is 0.328 e. The van der Waals surface area contributed by atoms with E-state index in [1.54, 1.807) is 13.8 Å². The lowest BCUT2D eigenvalue weighted by Gasteiger charge is -2.18. The molecule has 1 aromatic carbocycles. The molecule has 0 spiro atoms. The number of hydrogen-bond donors (Lipinski definition) is 3. The maximum absolute atomic E-state index is 12.3. The summed E-state index contributed by atoms with van der Waals surface area (Å²) in [5.41, 5.74) is 7.56. The minimum atomic E-state index is -0.875. The van der Waals surface area contributed by atoms with Crippen molar-refractivity contribution in [2.24, 2.45) is 5.73 Å². The average molecular weight is 389 g/mol. The number of benzene rings is 1. The van der Waals surface area contributed by atoms with Crippen LogP contribution >= 0.6 is 0 Å². The lowest BCUT2D eigenvalue weighted by atomic mass is 10.0. The van der Waals surface area contributed by atoms with Crippen molar-refractivity contribution in [1.29, 1.82) is 0 Å². The highest BCUT2D eigenvalue weighted by molar-refractivity contribution is 5.87. The summed E-state index contributed by atoms with van der Waals surface area (Å²) in [5, 5.41) is 3.68. The Morgan fingerprint density at radius 3 is 2.50 bits per heavy atom. The van der Waals surface area contributed by atoms with Gasteiger partial charge < -0.3 is 25.5 Å². The molecule has 0 radical (unpaired) electrons. The number of aromatic amines is 1. The van der Waals surface area contributed by atoms with Crippen molar-refractivity contribution >= 4 is 28.7 Å². The molecule has 8 nitrogen and oxygen atoms in total. The standard InChI is InChI=1S/C20H27N3O5/c1-3-27-19(25)15(21)9-10-18(24)23-17(20(26)28-4-2)11-13-12-22-16-8-6-5-7-14(13)16/h5-8,12,15,17,22H,3-4,9-11,21H2,1-2H3,(H,23,24)/t15-,17+/m1/s1. The Balaban J connectivity index is 2.01. The fourth-order valence-corrected chi connectivity index (χ4v) is 2.88. The largest absolute Gasteiger partial charge is 0.465 e. The molecule has 1 aromatic heterocycles. The van der Waals surface area contributed by atoms with E-state index in [1.165, 1.54) is 0 Å². The molecule has 2 rings (SSSR count). The van der Waals surface area contributed by atoms with Crippen LogP contribution in [0, 0.1) is 0 Å². The third kappa shape index (κ3) is 5.82. The number of amides is 1. The van der Waals surface area contributed by atoms with Gasteiger partial charge in [0, 0.05) is 29.9 Å². The van der Waals surface area contributed by atoms with Crippen molar-refractivity contribution < 1.29 is 23.9 Å². The molecule has 4 N–H and O–H groups in total. The quantitative estimate of drug-likeness (QED) is 0.528. The van der Waals surface area contributed by atoms with Crippen molar-refractivity contribution in [1.82, 2.24) is 10.3 Å². The van der Waals surface area contributed by atoms with E-state index in [1.807, 2.05) is 30.5 Å². The molecule has 152 valence electrons. The summed E-state index contributed by atoms with van der Waals surface area (Å²) in [7, 11) is 0. The number of esters is 2. The second kappa shape index (κ2) is 10.5. The van der Waals surface area contributed by atoms with Crippen molar-refractivity contribution in [2.75, 3.05) is 13.2 Å². The minimum Gasteiger partial charge on any atom is -0.465 e. The SMILES string of the molecule is CCOC(=O)[C@H](N)CCC(=O)N[C@@H](Cc1c[nH]c2ccccc12)C(=O)OCC. The Hall–Kier alpha value is -2.87. The van der Waals surface area contributed by atoms with Crippen LogP contribution in [-0.2, 0) is 30.3 Å². The maximum atomic E-state index is 12.3. The third-order valence-electron chi connectivity index (χ3n) is 4.28. The van der Waals surface area contributed by atoms with Crippen LogP contribution in [0.25, 0.3) is 10.9 Å². The van der Waals surface area contributed by atoms with Crippen LogP contribution in [0.1, 0.15) is 32.3 Å². The van der Waals surface area contributed by atoms with Gasteiger partial charge in [0.05, 0.1) is 13.2 Å². The van der Waals surface area contributed by atoms with E-state index in [9.17, 15) is 14.4 Å². The maximum Gasteiger partial charge on any atom is 0.328 e. The van der Waals surface area contributed by atoms with Crippen molar-refractivity contribution in [2.45, 2.75) is 45.2 Å². The number of ether oxygens (including phenoxy) is 2. The number of para-hydroxylation sites is 1. The minimum absolute atomic E-state index is 0.00374. The molecule has 2 atom stereocenters. The lowest BCUT2D eigenvalue weighted by molar-refractivity contribution is -0.148. The summed E-state index contributed by atoms with van der Waals surface area (Å²) < 4.78 is 9.92. The third-order valence-corrected chi connectivity index (χ3v) is 4.28. The highest BCUT2D eigenvalue weighted by Gasteiger charge is 2.24. The van der Waals surface area contributed by atoms with E-state index >= 15 is 0 Å². The van der Waals surface area contributed by atoms with Gasteiger partial charge in [-0.05, 0) is 31.9 Å². The first-order valence-corrected chi connectivity index (χ1v) is 9.39. The van der Waals surface area contributed by atoms with Gasteiger partial charge in [0.25, 0.3) is 0 Å². The number of nitrogens with two attached hydrogens (primary N) is 1. The first kappa shape index (κ1) is 21.4. The highest BCUT2D eigenvalue weighted by Crippen LogP contribution is 2.19. The zero-order valence-electron chi connectivity index (χ0n) is 16.2. The number of nitrogens with one attached hydrogen (secondary N) is 2. The number of rotatable bonds is 10. The molecule has 0 aliphatic rings. The fourth-order valence-electron chi connectivity index (χ4n) is 2.88. The normalized spacial score (nSPS) is 13.0. The number of aromatic nitrogens is 1. The Labute approximate surface area is 163 Å². The predicted octanol–water partition coefficient (Wildman–Crippen LogP) is 1.43. The van der Waals surface area contributed by atoms with Gasteiger partial charge in [0.15, 0.2) is 0 Å². The van der Waals surface area contributed by atoms with Gasteiger partial charge in [-0.2, -0.15) is 0 Å². The van der Waals surface area contributed by atoms with Gasteiger partial charge in [-0.1, -0.05) is 18.2 Å². The van der Waals surface area contributed by atoms with E-state index in [-0.39, 0.29) is 32.0 Å². The van der Waals surface area contributed by atoms with Crippen LogP contribution in [0.4, 0.5) is 0 Å². The van der Waals surface area contributed by atoms with Crippen LogP contribution in [0.2, 0.25) is 0 Å². The molecule has 0 saturated carbocycles. The molecular weight excluding hydrogens is 362 g/mol. The van der Waals surface area contributed by atoms with Crippen molar-refractivity contribution in [3.8, 4) is 0 Å². The first-order chi connectivity index (χ1) is 13.5.